The molecule has 1 saturated heterocycles. The summed E-state index contributed by atoms with van der Waals surface area (Å²) in [5.74, 6) is 0.635. The highest BCUT2D eigenvalue weighted by molar-refractivity contribution is 5.55. The molecule has 1 aliphatic heterocycles. The predicted octanol–water partition coefficient (Wildman–Crippen LogP) is 2.37. The first kappa shape index (κ1) is 13.1. The van der Waals surface area contributed by atoms with Crippen LogP contribution in [0.15, 0.2) is 18.5 Å². The maximum Gasteiger partial charge on any atom is 0.0772 e. The Morgan fingerprint density at radius 2 is 2.33 bits per heavy atom. The van der Waals surface area contributed by atoms with E-state index in [-0.39, 0.29) is 0 Å². The zero-order valence-electron chi connectivity index (χ0n) is 11.5. The Bertz CT molecular complexity index is 383. The Morgan fingerprint density at radius 3 is 3.06 bits per heavy atom. The van der Waals surface area contributed by atoms with Gasteiger partial charge in [0, 0.05) is 26.7 Å². The fourth-order valence-corrected chi connectivity index (χ4v) is 2.48. The van der Waals surface area contributed by atoms with Crippen molar-refractivity contribution in [1.29, 1.82) is 0 Å². The van der Waals surface area contributed by atoms with Crippen molar-refractivity contribution < 1.29 is 4.74 Å². The average molecular weight is 249 g/mol. The van der Waals surface area contributed by atoms with Crippen LogP contribution in [-0.2, 0) is 4.74 Å². The molecule has 0 radical (unpaired) electrons. The maximum atomic E-state index is 5.56. The lowest BCUT2D eigenvalue weighted by molar-refractivity contribution is 0.0498. The molecule has 18 heavy (non-hydrogen) atoms. The summed E-state index contributed by atoms with van der Waals surface area (Å²) < 4.78 is 5.56. The fourth-order valence-electron chi connectivity index (χ4n) is 2.48. The number of nitrogens with one attached hydrogen (secondary N) is 1. The Labute approximate surface area is 109 Å². The number of anilines is 2. The number of pyridine rings is 1. The van der Waals surface area contributed by atoms with Crippen molar-refractivity contribution in [3.05, 3.63) is 18.5 Å². The minimum atomic E-state index is 0.321. The first-order valence-electron chi connectivity index (χ1n) is 6.71. The third kappa shape index (κ3) is 2.93. The molecule has 1 fully saturated rings. The number of piperidine rings is 1. The Hall–Kier alpha value is -1.29. The van der Waals surface area contributed by atoms with Crippen molar-refractivity contribution >= 4 is 11.4 Å². The minimum Gasteiger partial charge on any atom is -0.384 e. The van der Waals surface area contributed by atoms with E-state index in [4.69, 9.17) is 4.74 Å². The molecular formula is C14H23N3O. The SMILES string of the molecule is CCNc1cncc(N2CCC(C)C(OC)C2)c1. The molecule has 2 atom stereocenters. The van der Waals surface area contributed by atoms with Gasteiger partial charge in [0.1, 0.15) is 0 Å². The van der Waals surface area contributed by atoms with Crippen molar-refractivity contribution in [3.8, 4) is 0 Å². The lowest BCUT2D eigenvalue weighted by atomic mass is 9.95. The van der Waals surface area contributed by atoms with Gasteiger partial charge in [0.05, 0.1) is 29.9 Å². The van der Waals surface area contributed by atoms with Gasteiger partial charge in [-0.3, -0.25) is 4.98 Å². The van der Waals surface area contributed by atoms with E-state index in [1.54, 1.807) is 7.11 Å². The molecule has 100 valence electrons. The second-order valence-corrected chi connectivity index (χ2v) is 4.95. The van der Waals surface area contributed by atoms with E-state index < -0.39 is 0 Å². The maximum absolute atomic E-state index is 5.56. The van der Waals surface area contributed by atoms with Gasteiger partial charge in [-0.05, 0) is 25.3 Å². The van der Waals surface area contributed by atoms with Crippen LogP contribution in [0.25, 0.3) is 0 Å². The largest absolute Gasteiger partial charge is 0.384 e. The number of ether oxygens (including phenoxy) is 1. The summed E-state index contributed by atoms with van der Waals surface area (Å²) >= 11 is 0. The quantitative estimate of drug-likeness (QED) is 0.889. The van der Waals surface area contributed by atoms with Crippen LogP contribution in [0.4, 0.5) is 11.4 Å². The van der Waals surface area contributed by atoms with E-state index >= 15 is 0 Å². The molecule has 0 bridgehead atoms. The summed E-state index contributed by atoms with van der Waals surface area (Å²) in [4.78, 5) is 6.67. The molecule has 4 heteroatoms. The van der Waals surface area contributed by atoms with Crippen LogP contribution in [-0.4, -0.2) is 37.8 Å². The second kappa shape index (κ2) is 6.05. The molecule has 2 unspecified atom stereocenters. The topological polar surface area (TPSA) is 37.4 Å². The van der Waals surface area contributed by atoms with E-state index in [0.717, 1.165) is 25.3 Å². The van der Waals surface area contributed by atoms with Gasteiger partial charge in [-0.2, -0.15) is 0 Å². The van der Waals surface area contributed by atoms with Crippen LogP contribution in [0.5, 0.6) is 0 Å². The van der Waals surface area contributed by atoms with Gasteiger partial charge in [-0.1, -0.05) is 6.92 Å². The molecule has 1 aromatic heterocycles. The van der Waals surface area contributed by atoms with Gasteiger partial charge >= 0.3 is 0 Å². The molecule has 4 nitrogen and oxygen atoms in total. The molecule has 2 rings (SSSR count). The van der Waals surface area contributed by atoms with Crippen molar-refractivity contribution in [3.63, 3.8) is 0 Å². The second-order valence-electron chi connectivity index (χ2n) is 4.95. The van der Waals surface area contributed by atoms with Crippen LogP contribution in [0, 0.1) is 5.92 Å². The van der Waals surface area contributed by atoms with Gasteiger partial charge in [0.2, 0.25) is 0 Å². The number of hydrogen-bond acceptors (Lipinski definition) is 4. The zero-order chi connectivity index (χ0) is 13.0. The molecule has 0 amide bonds. The molecule has 1 aromatic rings. The van der Waals surface area contributed by atoms with E-state index in [1.807, 2.05) is 12.4 Å². The molecule has 1 N–H and O–H groups in total. The van der Waals surface area contributed by atoms with Gasteiger partial charge in [0.25, 0.3) is 0 Å². The summed E-state index contributed by atoms with van der Waals surface area (Å²) in [6.07, 6.45) is 5.29. The van der Waals surface area contributed by atoms with E-state index in [0.29, 0.717) is 12.0 Å². The third-order valence-corrected chi connectivity index (χ3v) is 3.66. The number of aromatic nitrogens is 1. The summed E-state index contributed by atoms with van der Waals surface area (Å²) in [5, 5.41) is 3.30. The summed E-state index contributed by atoms with van der Waals surface area (Å²) in [5.41, 5.74) is 2.27. The van der Waals surface area contributed by atoms with Gasteiger partial charge in [-0.15, -0.1) is 0 Å². The Morgan fingerprint density at radius 1 is 1.50 bits per heavy atom. The van der Waals surface area contributed by atoms with Gasteiger partial charge in [-0.25, -0.2) is 0 Å². The van der Waals surface area contributed by atoms with Crippen LogP contribution in [0.1, 0.15) is 20.3 Å². The zero-order valence-corrected chi connectivity index (χ0v) is 11.5. The van der Waals surface area contributed by atoms with Crippen molar-refractivity contribution in [2.24, 2.45) is 5.92 Å². The van der Waals surface area contributed by atoms with Gasteiger partial charge in [0.15, 0.2) is 0 Å². The van der Waals surface area contributed by atoms with Crippen LogP contribution >= 0.6 is 0 Å². The summed E-state index contributed by atoms with van der Waals surface area (Å²) in [6.45, 7) is 7.31. The molecule has 0 spiro atoms. The van der Waals surface area contributed by atoms with E-state index in [9.17, 15) is 0 Å². The van der Waals surface area contributed by atoms with Gasteiger partial charge < -0.3 is 15.0 Å². The summed E-state index contributed by atoms with van der Waals surface area (Å²) in [6, 6.07) is 2.17. The molecule has 1 aliphatic rings. The highest BCUT2D eigenvalue weighted by atomic mass is 16.5. The van der Waals surface area contributed by atoms with Crippen LogP contribution < -0.4 is 10.2 Å². The summed E-state index contributed by atoms with van der Waals surface area (Å²) in [7, 11) is 1.80. The molecular weight excluding hydrogens is 226 g/mol. The number of hydrogen-bond donors (Lipinski definition) is 1. The average Bonchev–Trinajstić information content (AvgIpc) is 2.40. The van der Waals surface area contributed by atoms with Crippen LogP contribution in [0.2, 0.25) is 0 Å². The molecule has 0 aromatic carbocycles. The highest BCUT2D eigenvalue weighted by Crippen LogP contribution is 2.25. The third-order valence-electron chi connectivity index (χ3n) is 3.66. The fraction of sp³-hybridized carbons (Fsp3) is 0.643. The van der Waals surface area contributed by atoms with E-state index in [2.05, 4.69) is 35.1 Å². The lowest BCUT2D eigenvalue weighted by Gasteiger charge is -2.37. The lowest BCUT2D eigenvalue weighted by Crippen LogP contribution is -2.44. The number of methoxy groups -OCH3 is 1. The normalized spacial score (nSPS) is 24.1. The molecule has 0 saturated carbocycles. The number of rotatable bonds is 4. The van der Waals surface area contributed by atoms with Crippen LogP contribution in [0.3, 0.4) is 0 Å². The van der Waals surface area contributed by atoms with Crippen molar-refractivity contribution in [2.45, 2.75) is 26.4 Å². The Kier molecular flexibility index (Phi) is 4.42. The van der Waals surface area contributed by atoms with Crippen molar-refractivity contribution in [1.82, 2.24) is 4.98 Å². The molecule has 0 aliphatic carbocycles. The standard InChI is InChI=1S/C14H23N3O/c1-4-16-12-7-13(9-15-8-12)17-6-5-11(2)14(10-17)18-3/h7-9,11,14,16H,4-6,10H2,1-3H3. The highest BCUT2D eigenvalue weighted by Gasteiger charge is 2.26. The van der Waals surface area contributed by atoms with Crippen molar-refractivity contribution in [2.75, 3.05) is 37.0 Å². The monoisotopic (exact) mass is 249 g/mol. The smallest absolute Gasteiger partial charge is 0.0772 e. The number of nitrogens with zero attached hydrogens (tertiary/aromatic N) is 2. The minimum absolute atomic E-state index is 0.321. The van der Waals surface area contributed by atoms with E-state index in [1.165, 1.54) is 12.1 Å². The Balaban J connectivity index is 2.09. The predicted molar refractivity (Wildman–Crippen MR) is 75.2 cm³/mol. The first-order valence-corrected chi connectivity index (χ1v) is 6.71. The molecule has 2 heterocycles. The first-order chi connectivity index (χ1) is 8.74.